The number of hydrogen-bond donors (Lipinski definition) is 1. The van der Waals surface area contributed by atoms with Crippen LogP contribution >= 0.6 is 0 Å². The van der Waals surface area contributed by atoms with Crippen LogP contribution in [0.25, 0.3) is 16.7 Å². The third-order valence-corrected chi connectivity index (χ3v) is 9.67. The monoisotopic (exact) mass is 611 g/mol. The van der Waals surface area contributed by atoms with Crippen molar-refractivity contribution in [2.24, 2.45) is 11.3 Å². The SMILES string of the molecule is CCCC(=O)c1ccc(C[C@@H](C(=O)Nc2ccc(-c3ccc(C)cc3C)cc2)c2ccc(C3=CC[C@@H](C(C)(C)C)CC3)cc2)cc1. The van der Waals surface area contributed by atoms with Gasteiger partial charge in [0.1, 0.15) is 0 Å². The molecule has 0 radical (unpaired) electrons. The summed E-state index contributed by atoms with van der Waals surface area (Å²) in [5.74, 6) is 0.454. The lowest BCUT2D eigenvalue weighted by Gasteiger charge is -2.33. The molecule has 238 valence electrons. The highest BCUT2D eigenvalue weighted by Gasteiger charge is 2.27. The Morgan fingerprint density at radius 3 is 2.11 bits per heavy atom. The molecular weight excluding hydrogens is 562 g/mol. The van der Waals surface area contributed by atoms with Crippen LogP contribution in [-0.2, 0) is 11.2 Å². The van der Waals surface area contributed by atoms with Crippen molar-refractivity contribution in [3.8, 4) is 11.1 Å². The normalized spacial score (nSPS) is 15.6. The van der Waals surface area contributed by atoms with Crippen molar-refractivity contribution in [1.29, 1.82) is 0 Å². The quantitative estimate of drug-likeness (QED) is 0.181. The number of carbonyl (C=O) groups excluding carboxylic acids is 2. The van der Waals surface area contributed by atoms with E-state index in [0.29, 0.717) is 24.2 Å². The molecular formula is C43H49NO2. The summed E-state index contributed by atoms with van der Waals surface area (Å²) in [5, 5.41) is 3.20. The highest BCUT2D eigenvalue weighted by molar-refractivity contribution is 5.97. The molecule has 0 aliphatic heterocycles. The second-order valence-corrected chi connectivity index (χ2v) is 14.2. The Morgan fingerprint density at radius 2 is 1.52 bits per heavy atom. The van der Waals surface area contributed by atoms with E-state index >= 15 is 0 Å². The van der Waals surface area contributed by atoms with E-state index in [1.54, 1.807) is 0 Å². The van der Waals surface area contributed by atoms with Gasteiger partial charge in [0, 0.05) is 17.7 Å². The highest BCUT2D eigenvalue weighted by atomic mass is 16.2. The Morgan fingerprint density at radius 1 is 0.848 bits per heavy atom. The lowest BCUT2D eigenvalue weighted by molar-refractivity contribution is -0.117. The van der Waals surface area contributed by atoms with E-state index in [1.165, 1.54) is 34.2 Å². The molecule has 0 heterocycles. The smallest absolute Gasteiger partial charge is 0.232 e. The van der Waals surface area contributed by atoms with E-state index < -0.39 is 0 Å². The van der Waals surface area contributed by atoms with Crippen molar-refractivity contribution in [1.82, 2.24) is 0 Å². The molecule has 1 aliphatic carbocycles. The number of carbonyl (C=O) groups is 2. The number of amides is 1. The van der Waals surface area contributed by atoms with Gasteiger partial charge in [-0.2, -0.15) is 0 Å². The third-order valence-electron chi connectivity index (χ3n) is 9.67. The van der Waals surface area contributed by atoms with Gasteiger partial charge in [-0.1, -0.05) is 118 Å². The number of Topliss-reactive ketones (excluding diaryl/α,β-unsaturated/α-hetero) is 1. The zero-order chi connectivity index (χ0) is 32.8. The molecule has 46 heavy (non-hydrogen) atoms. The Labute approximate surface area is 276 Å². The molecule has 2 atom stereocenters. The van der Waals surface area contributed by atoms with Crippen molar-refractivity contribution in [3.05, 3.63) is 130 Å². The minimum absolute atomic E-state index is 0.0388. The molecule has 1 N–H and O–H groups in total. The van der Waals surface area contributed by atoms with Crippen LogP contribution in [0.2, 0.25) is 0 Å². The fourth-order valence-corrected chi connectivity index (χ4v) is 6.71. The van der Waals surface area contributed by atoms with E-state index in [-0.39, 0.29) is 17.6 Å². The molecule has 0 bridgehead atoms. The fraction of sp³-hybridized carbons (Fsp3) is 0.349. The molecule has 3 nitrogen and oxygen atoms in total. The average molecular weight is 612 g/mol. The maximum atomic E-state index is 14.0. The van der Waals surface area contributed by atoms with Crippen LogP contribution in [0.1, 0.15) is 104 Å². The maximum absolute atomic E-state index is 14.0. The summed E-state index contributed by atoms with van der Waals surface area (Å²) in [6, 6.07) is 31.0. The van der Waals surface area contributed by atoms with Gasteiger partial charge in [0.2, 0.25) is 5.91 Å². The van der Waals surface area contributed by atoms with E-state index in [0.717, 1.165) is 47.2 Å². The van der Waals surface area contributed by atoms with Crippen LogP contribution < -0.4 is 5.32 Å². The van der Waals surface area contributed by atoms with Gasteiger partial charge >= 0.3 is 0 Å². The molecule has 0 saturated heterocycles. The minimum atomic E-state index is -0.379. The van der Waals surface area contributed by atoms with Crippen molar-refractivity contribution < 1.29 is 9.59 Å². The van der Waals surface area contributed by atoms with Crippen molar-refractivity contribution in [3.63, 3.8) is 0 Å². The van der Waals surface area contributed by atoms with Gasteiger partial charge < -0.3 is 5.32 Å². The molecule has 5 rings (SSSR count). The molecule has 4 aromatic carbocycles. The number of benzene rings is 4. The van der Waals surface area contributed by atoms with E-state index in [4.69, 9.17) is 0 Å². The first-order valence-corrected chi connectivity index (χ1v) is 16.9. The number of nitrogens with one attached hydrogen (secondary N) is 1. The van der Waals surface area contributed by atoms with Crippen LogP contribution in [0, 0.1) is 25.2 Å². The molecule has 0 fully saturated rings. The Balaban J connectivity index is 1.37. The topological polar surface area (TPSA) is 46.2 Å². The van der Waals surface area contributed by atoms with Crippen molar-refractivity contribution >= 4 is 23.0 Å². The second-order valence-electron chi connectivity index (χ2n) is 14.2. The predicted molar refractivity (Wildman–Crippen MR) is 193 cm³/mol. The number of hydrogen-bond acceptors (Lipinski definition) is 2. The predicted octanol–water partition coefficient (Wildman–Crippen LogP) is 11.1. The summed E-state index contributed by atoms with van der Waals surface area (Å²) in [5.41, 5.74) is 11.3. The largest absolute Gasteiger partial charge is 0.326 e. The zero-order valence-corrected chi connectivity index (χ0v) is 28.5. The Bertz CT molecular complexity index is 1690. The van der Waals surface area contributed by atoms with Gasteiger partial charge in [-0.25, -0.2) is 0 Å². The van der Waals surface area contributed by atoms with Crippen molar-refractivity contribution in [2.75, 3.05) is 5.32 Å². The molecule has 0 unspecified atom stereocenters. The number of aryl methyl sites for hydroxylation is 2. The second kappa shape index (κ2) is 14.5. The van der Waals surface area contributed by atoms with E-state index in [9.17, 15) is 9.59 Å². The minimum Gasteiger partial charge on any atom is -0.326 e. The van der Waals surface area contributed by atoms with Crippen LogP contribution in [0.4, 0.5) is 5.69 Å². The van der Waals surface area contributed by atoms with Crippen LogP contribution in [-0.4, -0.2) is 11.7 Å². The van der Waals surface area contributed by atoms with E-state index in [2.05, 4.69) is 101 Å². The van der Waals surface area contributed by atoms with Crippen LogP contribution in [0.5, 0.6) is 0 Å². The number of anilines is 1. The van der Waals surface area contributed by atoms with Gasteiger partial charge in [0.05, 0.1) is 5.92 Å². The first-order valence-electron chi connectivity index (χ1n) is 16.9. The lowest BCUT2D eigenvalue weighted by atomic mass is 9.72. The van der Waals surface area contributed by atoms with Gasteiger partial charge in [-0.15, -0.1) is 0 Å². The summed E-state index contributed by atoms with van der Waals surface area (Å²) in [6.45, 7) is 13.3. The summed E-state index contributed by atoms with van der Waals surface area (Å²) in [4.78, 5) is 26.4. The molecule has 0 saturated carbocycles. The average Bonchev–Trinajstić information content (AvgIpc) is 3.04. The molecule has 1 aliphatic rings. The first-order chi connectivity index (χ1) is 22.0. The molecule has 0 aromatic heterocycles. The van der Waals surface area contributed by atoms with Crippen molar-refractivity contribution in [2.45, 2.75) is 86.0 Å². The molecule has 0 spiro atoms. The maximum Gasteiger partial charge on any atom is 0.232 e. The summed E-state index contributed by atoms with van der Waals surface area (Å²) in [7, 11) is 0. The first kappa shape index (κ1) is 33.1. The molecule has 4 aromatic rings. The molecule has 3 heteroatoms. The van der Waals surface area contributed by atoms with Crippen LogP contribution in [0.3, 0.4) is 0 Å². The fourth-order valence-electron chi connectivity index (χ4n) is 6.71. The van der Waals surface area contributed by atoms with Gasteiger partial charge in [-0.05, 0) is 108 Å². The Hall–Kier alpha value is -4.24. The summed E-state index contributed by atoms with van der Waals surface area (Å²) < 4.78 is 0. The Kier molecular flexibility index (Phi) is 10.4. The number of rotatable bonds is 10. The van der Waals surface area contributed by atoms with Gasteiger partial charge in [0.15, 0.2) is 5.78 Å². The van der Waals surface area contributed by atoms with Gasteiger partial charge in [-0.3, -0.25) is 9.59 Å². The third kappa shape index (κ3) is 8.12. The van der Waals surface area contributed by atoms with Gasteiger partial charge in [0.25, 0.3) is 0 Å². The highest BCUT2D eigenvalue weighted by Crippen LogP contribution is 2.40. The number of ketones is 1. The number of allylic oxidation sites excluding steroid dienone is 2. The summed E-state index contributed by atoms with van der Waals surface area (Å²) in [6.07, 6.45) is 7.76. The van der Waals surface area contributed by atoms with E-state index in [1.807, 2.05) is 43.3 Å². The zero-order valence-electron chi connectivity index (χ0n) is 28.5. The molecule has 1 amide bonds. The van der Waals surface area contributed by atoms with Crippen LogP contribution in [0.15, 0.2) is 97.1 Å². The standard InChI is InChI=1S/C43H49NO2/c1-7-8-41(45)36-12-10-31(11-13-36)28-40(35-16-14-32(15-17-35)33-18-22-37(23-19-33)43(4,5)6)42(46)44-38-24-20-34(21-25-38)39-26-9-29(2)27-30(39)3/h9-18,20-21,24-27,37,40H,7-8,19,22-23,28H2,1-6H3,(H,44,46)/t37-,40-/m1/s1. The summed E-state index contributed by atoms with van der Waals surface area (Å²) >= 11 is 0. The lowest BCUT2D eigenvalue weighted by Crippen LogP contribution is -2.23.